The van der Waals surface area contributed by atoms with Crippen molar-refractivity contribution in [1.82, 2.24) is 47.8 Å². The van der Waals surface area contributed by atoms with Crippen LogP contribution >= 0.6 is 0 Å². The van der Waals surface area contributed by atoms with Crippen LogP contribution in [0, 0.1) is 34.6 Å². The number of fused-ring (bicyclic) bond motifs is 12. The van der Waals surface area contributed by atoms with Gasteiger partial charge in [0.15, 0.2) is 0 Å². The molecule has 0 amide bonds. The summed E-state index contributed by atoms with van der Waals surface area (Å²) in [6.07, 6.45) is 7.92. The Morgan fingerprint density at radius 2 is 0.867 bits per heavy atom. The minimum absolute atomic E-state index is 0.485. The summed E-state index contributed by atoms with van der Waals surface area (Å²) in [5, 5.41) is 38.1. The van der Waals surface area contributed by atoms with Crippen LogP contribution in [0.15, 0.2) is 176 Å². The van der Waals surface area contributed by atoms with Gasteiger partial charge in [0.05, 0.1) is 31.8 Å². The molecule has 3 unspecified atom stereocenters. The van der Waals surface area contributed by atoms with E-state index in [1.54, 1.807) is 6.33 Å². The molecule has 0 saturated heterocycles. The maximum Gasteiger partial charge on any atom is 0.143 e. The van der Waals surface area contributed by atoms with Gasteiger partial charge < -0.3 is 48.3 Å². The van der Waals surface area contributed by atoms with Gasteiger partial charge in [-0.2, -0.15) is 0 Å². The van der Waals surface area contributed by atoms with Gasteiger partial charge >= 0.3 is 0 Å². The molecule has 7 aromatic carbocycles. The van der Waals surface area contributed by atoms with E-state index in [0.29, 0.717) is 19.6 Å². The Morgan fingerprint density at radius 3 is 1.35 bits per heavy atom. The lowest BCUT2D eigenvalue weighted by molar-refractivity contribution is 0.0385. The van der Waals surface area contributed by atoms with Crippen molar-refractivity contribution < 1.29 is 15.3 Å². The number of rotatable bonds is 13. The Labute approximate surface area is 579 Å². The number of aryl methyl sites for hydroxylation is 7. The van der Waals surface area contributed by atoms with E-state index in [-0.39, 0.29) is 0 Å². The molecule has 5 aromatic heterocycles. The molecule has 13 heteroatoms. The van der Waals surface area contributed by atoms with Crippen molar-refractivity contribution in [2.75, 3.05) is 53.9 Å². The van der Waals surface area contributed by atoms with E-state index in [4.69, 9.17) is 0 Å². The van der Waals surface area contributed by atoms with Crippen LogP contribution in [-0.2, 0) is 90.1 Å². The fourth-order valence-electron chi connectivity index (χ4n) is 15.6. The Morgan fingerprint density at radius 1 is 0.459 bits per heavy atom. The number of nitrogens with zero attached hydrogens (tertiary/aromatic N) is 10. The summed E-state index contributed by atoms with van der Waals surface area (Å²) in [5.41, 5.74) is 25.9. The summed E-state index contributed by atoms with van der Waals surface area (Å²) in [5.74, 6) is 0. The Kier molecular flexibility index (Phi) is 20.5. The summed E-state index contributed by atoms with van der Waals surface area (Å²) in [6, 6.07) is 57.2. The summed E-state index contributed by atoms with van der Waals surface area (Å²) in [4.78, 5) is 18.4. The molecule has 16 rings (SSSR count). The molecule has 0 aliphatic carbocycles. The van der Waals surface area contributed by atoms with Gasteiger partial charge in [0.1, 0.15) is 17.6 Å². The first kappa shape index (κ1) is 68.0. The molecule has 508 valence electrons. The second-order valence-electron chi connectivity index (χ2n) is 28.8. The second kappa shape index (κ2) is 29.5. The third-order valence-corrected chi connectivity index (χ3v) is 21.2. The van der Waals surface area contributed by atoms with E-state index in [1.807, 2.05) is 67.7 Å². The van der Waals surface area contributed by atoms with Crippen molar-refractivity contribution in [3.63, 3.8) is 0 Å². The zero-order valence-corrected chi connectivity index (χ0v) is 59.4. The molecule has 0 saturated carbocycles. The lowest BCUT2D eigenvalue weighted by Gasteiger charge is -2.29. The standard InChI is InChI=1S/C23H28N2O.2C22H26N2O.C18H20N4/c1-4-24-12-11-22-20(14-24)19-13-17(3)7-10-21(19)25(22)15-23(26)18-8-5-16(2)6-9-18;1-15-4-7-17(8-5-15)22(25)14-24-20-9-6-16(2)12-18(20)19-13-23(3)11-10-21(19)24;1-16-9-10-20-18(13-16)19-14-23(3)12-11-21(19)24(20)15-22(2,25)17-7-5-4-6-8-17;1-21-9-8-17-16(12-21)15-11-19-13-20-18(15)22(17)10-7-14-5-3-2-4-6-14/h5-10,13,23,26H,4,11-12,14-15H2,1-3H3;4-9,12,22,25H,10-11,13-14H2,1-3H3;4-10,13,25H,11-12,14-15H2,1-3H3;2-6,11,13H,7-10,12H2,1H3. The van der Waals surface area contributed by atoms with Crippen LogP contribution in [0.1, 0.15) is 121 Å². The minimum atomic E-state index is -0.894. The maximum absolute atomic E-state index is 11.2. The first-order valence-corrected chi connectivity index (χ1v) is 35.6. The van der Waals surface area contributed by atoms with Crippen molar-refractivity contribution in [2.45, 2.75) is 151 Å². The van der Waals surface area contributed by atoms with Crippen LogP contribution < -0.4 is 0 Å². The van der Waals surface area contributed by atoms with E-state index < -0.39 is 17.8 Å². The van der Waals surface area contributed by atoms with Crippen LogP contribution in [0.3, 0.4) is 0 Å². The highest BCUT2D eigenvalue weighted by Crippen LogP contribution is 2.38. The number of aromatic nitrogens is 6. The van der Waals surface area contributed by atoms with Crippen molar-refractivity contribution in [1.29, 1.82) is 0 Å². The van der Waals surface area contributed by atoms with Crippen molar-refractivity contribution >= 4 is 43.7 Å². The average Bonchev–Trinajstić information content (AvgIpc) is 1.61. The summed E-state index contributed by atoms with van der Waals surface area (Å²) >= 11 is 0. The quantitative estimate of drug-likeness (QED) is 0.104. The molecule has 98 heavy (non-hydrogen) atoms. The molecule has 4 aliphatic rings. The smallest absolute Gasteiger partial charge is 0.143 e. The Balaban J connectivity index is 0.000000118. The van der Waals surface area contributed by atoms with Gasteiger partial charge in [-0.25, -0.2) is 9.97 Å². The fraction of sp³-hybridized carbons (Fsp3) is 0.365. The van der Waals surface area contributed by atoms with Crippen molar-refractivity contribution in [3.05, 3.63) is 271 Å². The van der Waals surface area contributed by atoms with E-state index in [2.05, 4.69) is 220 Å². The van der Waals surface area contributed by atoms with E-state index in [0.717, 1.165) is 120 Å². The highest BCUT2D eigenvalue weighted by molar-refractivity contribution is 5.89. The van der Waals surface area contributed by atoms with Gasteiger partial charge in [0, 0.05) is 152 Å². The SMILES string of the molecule is CCN1CCc2c(c3cc(C)ccc3n2CC(O)c2ccc(C)cc2)C1.CN1CCc2c(c3cncnc3n2CCc2ccccc2)C1.Cc1ccc(C(O)Cn2c3c(c4cc(C)ccc42)CN(C)CC3)cc1.Cc1ccc2c(c1)c1c(n2CC(C)(O)c2ccccc2)CCN(C)C1. The van der Waals surface area contributed by atoms with Gasteiger partial charge in [0.25, 0.3) is 0 Å². The number of hydrogen-bond donors (Lipinski definition) is 3. The third kappa shape index (κ3) is 14.6. The van der Waals surface area contributed by atoms with Gasteiger partial charge in [-0.15, -0.1) is 0 Å². The normalized spacial score (nSPS) is 16.2. The van der Waals surface area contributed by atoms with E-state index >= 15 is 0 Å². The minimum Gasteiger partial charge on any atom is -0.387 e. The van der Waals surface area contributed by atoms with Gasteiger partial charge in [0.2, 0.25) is 0 Å². The van der Waals surface area contributed by atoms with Crippen LogP contribution in [0.5, 0.6) is 0 Å². The first-order valence-electron chi connectivity index (χ1n) is 35.6. The predicted molar refractivity (Wildman–Crippen MR) is 401 cm³/mol. The predicted octanol–water partition coefficient (Wildman–Crippen LogP) is 14.9. The molecule has 0 spiro atoms. The average molecular weight is 1310 g/mol. The molecule has 3 N–H and O–H groups in total. The summed E-state index contributed by atoms with van der Waals surface area (Å²) in [6.45, 7) is 27.0. The lowest BCUT2D eigenvalue weighted by Crippen LogP contribution is -2.31. The fourth-order valence-corrected chi connectivity index (χ4v) is 15.6. The Bertz CT molecular complexity index is 4730. The van der Waals surface area contributed by atoms with Crippen molar-refractivity contribution in [2.24, 2.45) is 0 Å². The van der Waals surface area contributed by atoms with Crippen molar-refractivity contribution in [3.8, 4) is 0 Å². The number of hydrogen-bond acceptors (Lipinski definition) is 9. The molecule has 0 bridgehead atoms. The zero-order valence-electron chi connectivity index (χ0n) is 59.4. The van der Waals surface area contributed by atoms with Gasteiger partial charge in [-0.3, -0.25) is 4.90 Å². The number of aliphatic hydroxyl groups is 3. The van der Waals surface area contributed by atoms with Crippen LogP contribution in [-0.4, -0.2) is 117 Å². The third-order valence-electron chi connectivity index (χ3n) is 21.2. The molecule has 12 aromatic rings. The molecule has 3 atom stereocenters. The topological polar surface area (TPSA) is 119 Å². The molecule has 13 nitrogen and oxygen atoms in total. The summed E-state index contributed by atoms with van der Waals surface area (Å²) in [7, 11) is 6.55. The molecule has 4 aliphatic heterocycles. The maximum atomic E-state index is 11.2. The van der Waals surface area contributed by atoms with Crippen LogP contribution in [0.4, 0.5) is 0 Å². The second-order valence-corrected chi connectivity index (χ2v) is 28.8. The first-order chi connectivity index (χ1) is 47.4. The Hall–Kier alpha value is -8.50. The largest absolute Gasteiger partial charge is 0.387 e. The van der Waals surface area contributed by atoms with Gasteiger partial charge in [-0.1, -0.05) is 162 Å². The number of likely N-dealkylation sites (N-methyl/N-ethyl adjacent to an activating group) is 4. The van der Waals surface area contributed by atoms with E-state index in [1.165, 1.54) is 117 Å². The van der Waals surface area contributed by atoms with Crippen LogP contribution in [0.2, 0.25) is 0 Å². The number of aliphatic hydroxyl groups excluding tert-OH is 2. The highest BCUT2D eigenvalue weighted by Gasteiger charge is 2.31. The molecule has 0 radical (unpaired) electrons. The molecule has 9 heterocycles. The number of benzene rings is 7. The molecule has 0 fully saturated rings. The lowest BCUT2D eigenvalue weighted by atomic mass is 9.95. The zero-order chi connectivity index (χ0) is 68.4. The van der Waals surface area contributed by atoms with E-state index in [9.17, 15) is 15.3 Å². The molecular formula is C85H100N10O3. The van der Waals surface area contributed by atoms with Crippen LogP contribution in [0.25, 0.3) is 43.7 Å². The summed E-state index contributed by atoms with van der Waals surface area (Å²) < 4.78 is 9.47. The van der Waals surface area contributed by atoms with Gasteiger partial charge in [-0.05, 0) is 157 Å². The molecular weight excluding hydrogens is 1210 g/mol. The monoisotopic (exact) mass is 1310 g/mol. The highest BCUT2D eigenvalue weighted by atomic mass is 16.3.